The van der Waals surface area contributed by atoms with Gasteiger partial charge in [-0.1, -0.05) is 32.1 Å². The third-order valence-corrected chi connectivity index (χ3v) is 2.45. The highest BCUT2D eigenvalue weighted by Gasteiger charge is 2.12. The molecule has 2 aliphatic rings. The van der Waals surface area contributed by atoms with Crippen LogP contribution in [0.15, 0.2) is 47.9 Å². The Bertz CT molecular complexity index is 316. The van der Waals surface area contributed by atoms with Crippen molar-refractivity contribution in [3.63, 3.8) is 0 Å². The second-order valence-electron chi connectivity index (χ2n) is 3.79. The fourth-order valence-electron chi connectivity index (χ4n) is 1.57. The molecule has 1 nitrogen and oxygen atoms in total. The summed E-state index contributed by atoms with van der Waals surface area (Å²) in [6, 6.07) is 0. The molecule has 2 rings (SSSR count). The van der Waals surface area contributed by atoms with Crippen LogP contribution in [0.25, 0.3) is 0 Å². The predicted molar refractivity (Wildman–Crippen MR) is 56.0 cm³/mol. The minimum Gasteiger partial charge on any atom is -0.344 e. The quantitative estimate of drug-likeness (QED) is 0.589. The fourth-order valence-corrected chi connectivity index (χ4v) is 1.57. The SMILES string of the molecule is CC(C)C1=CN2CC=CC=C2C=C1. The second kappa shape index (κ2) is 3.25. The van der Waals surface area contributed by atoms with Gasteiger partial charge in [0.1, 0.15) is 0 Å². The highest BCUT2D eigenvalue weighted by Crippen LogP contribution is 2.23. The highest BCUT2D eigenvalue weighted by molar-refractivity contribution is 5.38. The zero-order chi connectivity index (χ0) is 9.26. The lowest BCUT2D eigenvalue weighted by Crippen LogP contribution is -2.21. The number of hydrogen-bond donors (Lipinski definition) is 0. The van der Waals surface area contributed by atoms with Gasteiger partial charge in [-0.05, 0) is 23.6 Å². The van der Waals surface area contributed by atoms with Crippen molar-refractivity contribution < 1.29 is 0 Å². The molecule has 0 aromatic heterocycles. The van der Waals surface area contributed by atoms with Crippen molar-refractivity contribution in [1.82, 2.24) is 4.90 Å². The average molecular weight is 173 g/mol. The molecule has 0 amide bonds. The molecule has 0 aliphatic carbocycles. The van der Waals surface area contributed by atoms with E-state index in [0.29, 0.717) is 5.92 Å². The van der Waals surface area contributed by atoms with E-state index in [2.05, 4.69) is 55.3 Å². The van der Waals surface area contributed by atoms with Gasteiger partial charge >= 0.3 is 0 Å². The summed E-state index contributed by atoms with van der Waals surface area (Å²) >= 11 is 0. The van der Waals surface area contributed by atoms with Gasteiger partial charge in [-0.2, -0.15) is 0 Å². The van der Waals surface area contributed by atoms with Crippen molar-refractivity contribution in [2.75, 3.05) is 6.54 Å². The molecule has 68 valence electrons. The van der Waals surface area contributed by atoms with Crippen molar-refractivity contribution in [3.05, 3.63) is 47.9 Å². The van der Waals surface area contributed by atoms with Gasteiger partial charge in [0, 0.05) is 18.4 Å². The second-order valence-corrected chi connectivity index (χ2v) is 3.79. The van der Waals surface area contributed by atoms with Crippen LogP contribution in [0.5, 0.6) is 0 Å². The Labute approximate surface area is 79.7 Å². The number of allylic oxidation sites excluding steroid dienone is 5. The monoisotopic (exact) mass is 173 g/mol. The van der Waals surface area contributed by atoms with E-state index in [4.69, 9.17) is 0 Å². The van der Waals surface area contributed by atoms with Crippen LogP contribution in [0.1, 0.15) is 13.8 Å². The Balaban J connectivity index is 2.25. The molecule has 0 atom stereocenters. The number of hydrogen-bond acceptors (Lipinski definition) is 1. The molecule has 2 heterocycles. The predicted octanol–water partition coefficient (Wildman–Crippen LogP) is 2.85. The van der Waals surface area contributed by atoms with E-state index in [-0.39, 0.29) is 0 Å². The molecule has 0 bridgehead atoms. The van der Waals surface area contributed by atoms with Crippen LogP contribution in [0.2, 0.25) is 0 Å². The Morgan fingerprint density at radius 1 is 1.31 bits per heavy atom. The summed E-state index contributed by atoms with van der Waals surface area (Å²) in [5, 5.41) is 0. The van der Waals surface area contributed by atoms with Crippen molar-refractivity contribution in [1.29, 1.82) is 0 Å². The largest absolute Gasteiger partial charge is 0.344 e. The molecule has 0 spiro atoms. The van der Waals surface area contributed by atoms with Gasteiger partial charge in [-0.3, -0.25) is 0 Å². The first-order valence-corrected chi connectivity index (χ1v) is 4.80. The van der Waals surface area contributed by atoms with Crippen LogP contribution in [0.4, 0.5) is 0 Å². The smallest absolute Gasteiger partial charge is 0.0409 e. The summed E-state index contributed by atoms with van der Waals surface area (Å²) < 4.78 is 0. The standard InChI is InChI=1S/C12H15N/c1-10(2)11-6-7-12-5-3-4-8-13(12)9-11/h3-7,9-10H,8H2,1-2H3. The molecule has 13 heavy (non-hydrogen) atoms. The van der Waals surface area contributed by atoms with Gasteiger partial charge in [-0.25, -0.2) is 0 Å². The molecule has 0 aromatic rings. The molecule has 1 heteroatoms. The molecule has 0 radical (unpaired) electrons. The van der Waals surface area contributed by atoms with Crippen LogP contribution in [0, 0.1) is 5.92 Å². The maximum Gasteiger partial charge on any atom is 0.0409 e. The van der Waals surface area contributed by atoms with E-state index in [0.717, 1.165) is 6.54 Å². The van der Waals surface area contributed by atoms with E-state index in [1.54, 1.807) is 0 Å². The highest BCUT2D eigenvalue weighted by atomic mass is 15.1. The van der Waals surface area contributed by atoms with E-state index < -0.39 is 0 Å². The first kappa shape index (κ1) is 8.36. The van der Waals surface area contributed by atoms with Gasteiger partial charge in [0.2, 0.25) is 0 Å². The Kier molecular flexibility index (Phi) is 2.09. The van der Waals surface area contributed by atoms with Crippen molar-refractivity contribution in [3.8, 4) is 0 Å². The summed E-state index contributed by atoms with van der Waals surface area (Å²) in [7, 11) is 0. The molecule has 0 saturated heterocycles. The summed E-state index contributed by atoms with van der Waals surface area (Å²) in [5.74, 6) is 0.615. The summed E-state index contributed by atoms with van der Waals surface area (Å²) in [5.41, 5.74) is 2.71. The Morgan fingerprint density at radius 3 is 2.92 bits per heavy atom. The van der Waals surface area contributed by atoms with Crippen LogP contribution in [-0.2, 0) is 0 Å². The van der Waals surface area contributed by atoms with E-state index in [1.165, 1.54) is 11.3 Å². The number of nitrogens with zero attached hydrogens (tertiary/aromatic N) is 1. The molecule has 0 saturated carbocycles. The van der Waals surface area contributed by atoms with Crippen LogP contribution < -0.4 is 0 Å². The van der Waals surface area contributed by atoms with Crippen LogP contribution in [-0.4, -0.2) is 11.4 Å². The Morgan fingerprint density at radius 2 is 2.15 bits per heavy atom. The molecule has 0 unspecified atom stereocenters. The lowest BCUT2D eigenvalue weighted by Gasteiger charge is -2.27. The lowest BCUT2D eigenvalue weighted by atomic mass is 10.0. The molecule has 0 fully saturated rings. The van der Waals surface area contributed by atoms with Gasteiger partial charge in [0.05, 0.1) is 0 Å². The normalized spacial score (nSPS) is 20.1. The topological polar surface area (TPSA) is 3.24 Å². The maximum atomic E-state index is 2.29. The van der Waals surface area contributed by atoms with Gasteiger partial charge in [0.15, 0.2) is 0 Å². The summed E-state index contributed by atoms with van der Waals surface area (Å²) in [6.45, 7) is 5.46. The third-order valence-electron chi connectivity index (χ3n) is 2.45. The first-order valence-electron chi connectivity index (χ1n) is 4.80. The maximum absolute atomic E-state index is 2.29. The van der Waals surface area contributed by atoms with E-state index in [1.807, 2.05) is 0 Å². The molecular formula is C12H15N. The minimum atomic E-state index is 0.615. The summed E-state index contributed by atoms with van der Waals surface area (Å²) in [4.78, 5) is 2.29. The summed E-state index contributed by atoms with van der Waals surface area (Å²) in [6.07, 6.45) is 13.1. The zero-order valence-corrected chi connectivity index (χ0v) is 8.20. The first-order chi connectivity index (χ1) is 6.27. The van der Waals surface area contributed by atoms with Gasteiger partial charge in [-0.15, -0.1) is 0 Å². The van der Waals surface area contributed by atoms with E-state index >= 15 is 0 Å². The third kappa shape index (κ3) is 1.59. The van der Waals surface area contributed by atoms with E-state index in [9.17, 15) is 0 Å². The van der Waals surface area contributed by atoms with Gasteiger partial charge < -0.3 is 4.90 Å². The molecule has 0 N–H and O–H groups in total. The Hall–Kier alpha value is -1.24. The fraction of sp³-hybridized carbons (Fsp3) is 0.333. The van der Waals surface area contributed by atoms with Gasteiger partial charge in [0.25, 0.3) is 0 Å². The average Bonchev–Trinajstić information content (AvgIpc) is 2.17. The number of fused-ring (bicyclic) bond motifs is 1. The van der Waals surface area contributed by atoms with Crippen LogP contribution in [0.3, 0.4) is 0 Å². The zero-order valence-electron chi connectivity index (χ0n) is 8.20. The van der Waals surface area contributed by atoms with Crippen molar-refractivity contribution in [2.45, 2.75) is 13.8 Å². The number of rotatable bonds is 1. The van der Waals surface area contributed by atoms with Crippen LogP contribution >= 0.6 is 0 Å². The molecule has 2 aliphatic heterocycles. The molecular weight excluding hydrogens is 158 g/mol. The lowest BCUT2D eigenvalue weighted by molar-refractivity contribution is 0.510. The van der Waals surface area contributed by atoms with Crippen molar-refractivity contribution in [2.24, 2.45) is 5.92 Å². The molecule has 0 aromatic carbocycles. The van der Waals surface area contributed by atoms with Crippen molar-refractivity contribution >= 4 is 0 Å². The minimum absolute atomic E-state index is 0.615.